The predicted molar refractivity (Wildman–Crippen MR) is 120 cm³/mol. The molecule has 7 heteroatoms. The molecule has 0 radical (unpaired) electrons. The number of amides is 1. The fourth-order valence-electron chi connectivity index (χ4n) is 2.97. The average Bonchev–Trinajstić information content (AvgIpc) is 3.16. The Hall–Kier alpha value is -3.19. The molecular formula is C24H24FNO4S. The van der Waals surface area contributed by atoms with Crippen molar-refractivity contribution < 1.29 is 23.5 Å². The summed E-state index contributed by atoms with van der Waals surface area (Å²) in [7, 11) is 0. The Labute approximate surface area is 184 Å². The topological polar surface area (TPSA) is 64.6 Å². The van der Waals surface area contributed by atoms with E-state index in [1.807, 2.05) is 18.2 Å². The molecule has 0 spiro atoms. The molecule has 31 heavy (non-hydrogen) atoms. The molecule has 0 aliphatic heterocycles. The van der Waals surface area contributed by atoms with E-state index in [2.05, 4.69) is 19.2 Å². The summed E-state index contributed by atoms with van der Waals surface area (Å²) in [6.07, 6.45) is 0. The number of thiophene rings is 1. The van der Waals surface area contributed by atoms with Gasteiger partial charge in [0.2, 0.25) is 0 Å². The van der Waals surface area contributed by atoms with Gasteiger partial charge in [-0.1, -0.05) is 38.1 Å². The Bertz CT molecular complexity index is 1060. The average molecular weight is 442 g/mol. The molecule has 0 saturated heterocycles. The van der Waals surface area contributed by atoms with Crippen LogP contribution >= 0.6 is 11.3 Å². The van der Waals surface area contributed by atoms with Crippen LogP contribution in [0.4, 0.5) is 9.39 Å². The molecule has 1 aromatic heterocycles. The molecule has 1 N–H and O–H groups in total. The molecule has 3 rings (SSSR count). The fourth-order valence-corrected chi connectivity index (χ4v) is 3.95. The quantitative estimate of drug-likeness (QED) is 0.444. The van der Waals surface area contributed by atoms with Gasteiger partial charge in [-0.25, -0.2) is 9.18 Å². The van der Waals surface area contributed by atoms with Gasteiger partial charge >= 0.3 is 5.97 Å². The molecule has 3 aromatic rings. The number of halogens is 1. The van der Waals surface area contributed by atoms with Crippen molar-refractivity contribution in [1.82, 2.24) is 0 Å². The lowest BCUT2D eigenvalue weighted by Crippen LogP contribution is -2.21. The maximum Gasteiger partial charge on any atom is 0.341 e. The lowest BCUT2D eigenvalue weighted by atomic mass is 10.0. The number of anilines is 1. The molecule has 0 unspecified atom stereocenters. The molecule has 0 aliphatic carbocycles. The molecule has 0 bridgehead atoms. The van der Waals surface area contributed by atoms with Crippen molar-refractivity contribution in [1.29, 1.82) is 0 Å². The van der Waals surface area contributed by atoms with E-state index in [9.17, 15) is 14.0 Å². The summed E-state index contributed by atoms with van der Waals surface area (Å²) >= 11 is 1.20. The maximum absolute atomic E-state index is 13.3. The van der Waals surface area contributed by atoms with Crippen molar-refractivity contribution in [3.8, 4) is 16.9 Å². The summed E-state index contributed by atoms with van der Waals surface area (Å²) in [5.41, 5.74) is 2.59. The number of hydrogen-bond donors (Lipinski definition) is 1. The largest absolute Gasteiger partial charge is 0.484 e. The first-order valence-corrected chi connectivity index (χ1v) is 10.8. The van der Waals surface area contributed by atoms with Crippen LogP contribution in [0, 0.1) is 5.82 Å². The van der Waals surface area contributed by atoms with Crippen LogP contribution < -0.4 is 10.1 Å². The highest BCUT2D eigenvalue weighted by Gasteiger charge is 2.23. The highest BCUT2D eigenvalue weighted by atomic mass is 32.1. The van der Waals surface area contributed by atoms with Crippen LogP contribution in [-0.2, 0) is 9.53 Å². The Kier molecular flexibility index (Phi) is 7.41. The normalized spacial score (nSPS) is 10.7. The molecule has 0 atom stereocenters. The molecule has 0 aliphatic rings. The maximum atomic E-state index is 13.3. The van der Waals surface area contributed by atoms with E-state index in [1.54, 1.807) is 30.5 Å². The number of hydrogen-bond acceptors (Lipinski definition) is 5. The Morgan fingerprint density at radius 1 is 1.13 bits per heavy atom. The van der Waals surface area contributed by atoms with Crippen molar-refractivity contribution in [3.05, 3.63) is 70.9 Å². The summed E-state index contributed by atoms with van der Waals surface area (Å²) in [6.45, 7) is 5.86. The number of carbonyl (C=O) groups is 2. The van der Waals surface area contributed by atoms with E-state index in [4.69, 9.17) is 9.47 Å². The first-order valence-electron chi connectivity index (χ1n) is 9.96. The van der Waals surface area contributed by atoms with Gasteiger partial charge in [0, 0.05) is 10.9 Å². The Morgan fingerprint density at radius 3 is 2.55 bits per heavy atom. The molecule has 162 valence electrons. The van der Waals surface area contributed by atoms with Crippen LogP contribution in [0.15, 0.2) is 53.9 Å². The molecular weight excluding hydrogens is 417 g/mol. The van der Waals surface area contributed by atoms with Crippen LogP contribution in [0.5, 0.6) is 5.75 Å². The lowest BCUT2D eigenvalue weighted by Gasteiger charge is -2.11. The summed E-state index contributed by atoms with van der Waals surface area (Å²) in [6, 6.07) is 13.4. The van der Waals surface area contributed by atoms with Crippen LogP contribution in [0.2, 0.25) is 0 Å². The molecule has 5 nitrogen and oxygen atoms in total. The highest BCUT2D eigenvalue weighted by Crippen LogP contribution is 2.36. The van der Waals surface area contributed by atoms with Crippen LogP contribution in [0.3, 0.4) is 0 Å². The zero-order valence-corrected chi connectivity index (χ0v) is 18.4. The van der Waals surface area contributed by atoms with E-state index >= 15 is 0 Å². The van der Waals surface area contributed by atoms with Gasteiger partial charge in [0.05, 0.1) is 6.61 Å². The van der Waals surface area contributed by atoms with Gasteiger partial charge in [-0.3, -0.25) is 4.79 Å². The third kappa shape index (κ3) is 5.70. The summed E-state index contributed by atoms with van der Waals surface area (Å²) < 4.78 is 24.1. The van der Waals surface area contributed by atoms with E-state index < -0.39 is 11.9 Å². The second-order valence-corrected chi connectivity index (χ2v) is 8.02. The van der Waals surface area contributed by atoms with Crippen molar-refractivity contribution in [2.75, 3.05) is 18.5 Å². The molecule has 1 amide bonds. The van der Waals surface area contributed by atoms with Gasteiger partial charge < -0.3 is 14.8 Å². The van der Waals surface area contributed by atoms with Crippen molar-refractivity contribution in [2.45, 2.75) is 26.7 Å². The molecule has 1 heterocycles. The predicted octanol–water partition coefficient (Wildman–Crippen LogP) is 5.87. The van der Waals surface area contributed by atoms with Gasteiger partial charge in [0.15, 0.2) is 6.61 Å². The van der Waals surface area contributed by atoms with Crippen molar-refractivity contribution in [2.24, 2.45) is 0 Å². The van der Waals surface area contributed by atoms with E-state index in [-0.39, 0.29) is 24.6 Å². The second kappa shape index (κ2) is 10.2. The number of benzene rings is 2. The first-order chi connectivity index (χ1) is 14.9. The number of carbonyl (C=O) groups excluding carboxylic acids is 2. The zero-order valence-electron chi connectivity index (χ0n) is 17.6. The van der Waals surface area contributed by atoms with Crippen molar-refractivity contribution >= 4 is 28.2 Å². The molecule has 0 fully saturated rings. The van der Waals surface area contributed by atoms with Crippen LogP contribution in [-0.4, -0.2) is 25.1 Å². The third-order valence-electron chi connectivity index (χ3n) is 4.57. The minimum Gasteiger partial charge on any atom is -0.484 e. The third-order valence-corrected chi connectivity index (χ3v) is 5.47. The van der Waals surface area contributed by atoms with E-state index in [0.717, 1.165) is 5.56 Å². The van der Waals surface area contributed by atoms with Gasteiger partial charge in [-0.05, 0) is 48.2 Å². The number of rotatable bonds is 8. The van der Waals surface area contributed by atoms with Gasteiger partial charge in [0.1, 0.15) is 22.1 Å². The standard InChI is InChI=1S/C24H24FNO4S/c1-4-29-24(28)22-20(16-8-10-18(25)11-9-16)14-31-23(22)26-21(27)13-30-19-7-5-6-17(12-19)15(2)3/h5-12,14-15H,4,13H2,1-3H3,(H,26,27). The Morgan fingerprint density at radius 2 is 1.87 bits per heavy atom. The van der Waals surface area contributed by atoms with Gasteiger partial charge in [0.25, 0.3) is 5.91 Å². The summed E-state index contributed by atoms with van der Waals surface area (Å²) in [4.78, 5) is 25.1. The summed E-state index contributed by atoms with van der Waals surface area (Å²) in [5, 5.41) is 4.84. The Balaban J connectivity index is 1.77. The highest BCUT2D eigenvalue weighted by molar-refractivity contribution is 7.15. The zero-order chi connectivity index (χ0) is 22.4. The monoisotopic (exact) mass is 441 g/mol. The molecule has 2 aromatic carbocycles. The smallest absolute Gasteiger partial charge is 0.341 e. The SMILES string of the molecule is CCOC(=O)c1c(-c2ccc(F)cc2)csc1NC(=O)COc1cccc(C(C)C)c1. The van der Waals surface area contributed by atoms with Crippen LogP contribution in [0.25, 0.3) is 11.1 Å². The number of esters is 1. The number of nitrogens with one attached hydrogen (secondary N) is 1. The first kappa shape index (κ1) is 22.5. The molecule has 0 saturated carbocycles. The van der Waals surface area contributed by atoms with Gasteiger partial charge in [-0.15, -0.1) is 11.3 Å². The minimum atomic E-state index is -0.552. The van der Waals surface area contributed by atoms with Gasteiger partial charge in [-0.2, -0.15) is 0 Å². The van der Waals surface area contributed by atoms with Crippen molar-refractivity contribution in [3.63, 3.8) is 0 Å². The fraction of sp³-hybridized carbons (Fsp3) is 0.250. The second-order valence-electron chi connectivity index (χ2n) is 7.14. The van der Waals surface area contributed by atoms with Crippen LogP contribution in [0.1, 0.15) is 42.6 Å². The minimum absolute atomic E-state index is 0.195. The van der Waals surface area contributed by atoms with E-state index in [1.165, 1.54) is 23.5 Å². The summed E-state index contributed by atoms with van der Waals surface area (Å²) in [5.74, 6) is -0.369. The van der Waals surface area contributed by atoms with E-state index in [0.29, 0.717) is 27.8 Å². The lowest BCUT2D eigenvalue weighted by molar-refractivity contribution is -0.118. The number of ether oxygens (including phenoxy) is 2.